The Hall–Kier alpha value is -1.08. The second-order valence-electron chi connectivity index (χ2n) is 4.09. The zero-order valence-electron chi connectivity index (χ0n) is 10.6. The van der Waals surface area contributed by atoms with Crippen LogP contribution in [-0.4, -0.2) is 32.0 Å². The van der Waals surface area contributed by atoms with E-state index in [-0.39, 0.29) is 17.2 Å². The van der Waals surface area contributed by atoms with Crippen molar-refractivity contribution in [1.82, 2.24) is 20.1 Å². The van der Waals surface area contributed by atoms with E-state index in [1.165, 1.54) is 11.8 Å². The molecule has 0 spiro atoms. The van der Waals surface area contributed by atoms with Gasteiger partial charge in [0.25, 0.3) is 0 Å². The fourth-order valence-corrected chi connectivity index (χ4v) is 2.08. The number of nitrogens with zero attached hydrogens (tertiary/aromatic N) is 3. The highest BCUT2D eigenvalue weighted by Gasteiger charge is 2.18. The van der Waals surface area contributed by atoms with E-state index in [0.29, 0.717) is 17.5 Å². The minimum Gasteiger partial charge on any atom is -0.353 e. The van der Waals surface area contributed by atoms with Crippen molar-refractivity contribution in [2.24, 2.45) is 12.8 Å². The second kappa shape index (κ2) is 6.02. The third kappa shape index (κ3) is 3.71. The molecule has 1 aromatic rings. The Kier molecular flexibility index (Phi) is 4.95. The number of nitrogens with two attached hydrogens (primary N) is 1. The predicted octanol–water partition coefficient (Wildman–Crippen LogP) is 0.279. The number of aromatic nitrogens is 3. The average Bonchev–Trinajstić information content (AvgIpc) is 2.59. The fourth-order valence-electron chi connectivity index (χ4n) is 1.24. The molecule has 0 bridgehead atoms. The molecule has 1 heterocycles. The van der Waals surface area contributed by atoms with Crippen molar-refractivity contribution in [2.75, 3.05) is 0 Å². The maximum Gasteiger partial charge on any atom is 0.233 e. The Balaban J connectivity index is 2.64. The zero-order chi connectivity index (χ0) is 13.0. The second-order valence-corrected chi connectivity index (χ2v) is 5.39. The van der Waals surface area contributed by atoms with Gasteiger partial charge in [-0.05, 0) is 20.8 Å². The van der Waals surface area contributed by atoms with E-state index in [0.717, 1.165) is 0 Å². The van der Waals surface area contributed by atoms with E-state index in [1.54, 1.807) is 0 Å². The van der Waals surface area contributed by atoms with Crippen LogP contribution in [-0.2, 0) is 18.4 Å². The molecule has 0 saturated heterocycles. The van der Waals surface area contributed by atoms with Gasteiger partial charge in [-0.15, -0.1) is 10.2 Å². The molecule has 7 heteroatoms. The van der Waals surface area contributed by atoms with Gasteiger partial charge >= 0.3 is 0 Å². The summed E-state index contributed by atoms with van der Waals surface area (Å²) < 4.78 is 1.81. The van der Waals surface area contributed by atoms with Crippen molar-refractivity contribution in [3.8, 4) is 0 Å². The van der Waals surface area contributed by atoms with E-state index in [9.17, 15) is 4.79 Å². The van der Waals surface area contributed by atoms with Crippen LogP contribution in [0.15, 0.2) is 5.16 Å². The summed E-state index contributed by atoms with van der Waals surface area (Å²) in [4.78, 5) is 11.7. The molecule has 1 unspecified atom stereocenters. The van der Waals surface area contributed by atoms with Crippen LogP contribution in [0.3, 0.4) is 0 Å². The summed E-state index contributed by atoms with van der Waals surface area (Å²) in [5.74, 6) is 0.714. The monoisotopic (exact) mass is 257 g/mol. The molecule has 0 aliphatic heterocycles. The minimum atomic E-state index is -0.203. The molecule has 0 aliphatic rings. The largest absolute Gasteiger partial charge is 0.353 e. The van der Waals surface area contributed by atoms with Crippen molar-refractivity contribution < 1.29 is 4.79 Å². The quantitative estimate of drug-likeness (QED) is 0.740. The molecule has 0 aromatic carbocycles. The maximum absolute atomic E-state index is 11.7. The van der Waals surface area contributed by atoms with E-state index >= 15 is 0 Å². The minimum absolute atomic E-state index is 0.00213. The molecule has 6 nitrogen and oxygen atoms in total. The lowest BCUT2D eigenvalue weighted by atomic mass is 10.3. The molecule has 0 saturated carbocycles. The molecular weight excluding hydrogens is 238 g/mol. The molecule has 3 N–H and O–H groups in total. The van der Waals surface area contributed by atoms with Gasteiger partial charge < -0.3 is 15.6 Å². The normalized spacial score (nSPS) is 12.8. The molecule has 1 aromatic heterocycles. The summed E-state index contributed by atoms with van der Waals surface area (Å²) in [7, 11) is 1.84. The van der Waals surface area contributed by atoms with Crippen molar-refractivity contribution in [1.29, 1.82) is 0 Å². The van der Waals surface area contributed by atoms with Gasteiger partial charge in [0.15, 0.2) is 5.16 Å². The van der Waals surface area contributed by atoms with Gasteiger partial charge in [0.1, 0.15) is 5.82 Å². The first-order chi connectivity index (χ1) is 7.95. The Morgan fingerprint density at radius 3 is 2.59 bits per heavy atom. The van der Waals surface area contributed by atoms with Crippen LogP contribution in [0.2, 0.25) is 0 Å². The molecule has 17 heavy (non-hydrogen) atoms. The summed E-state index contributed by atoms with van der Waals surface area (Å²) in [5, 5.41) is 11.3. The summed E-state index contributed by atoms with van der Waals surface area (Å²) in [6.07, 6.45) is 0. The summed E-state index contributed by atoms with van der Waals surface area (Å²) in [5.41, 5.74) is 5.51. The molecular formula is C10H19N5OS. The Bertz CT molecular complexity index is 390. The summed E-state index contributed by atoms with van der Waals surface area (Å²) in [6.45, 7) is 6.06. The first-order valence-corrected chi connectivity index (χ1v) is 6.39. The number of carbonyl (C=O) groups is 1. The van der Waals surface area contributed by atoms with Gasteiger partial charge in [-0.1, -0.05) is 11.8 Å². The molecule has 0 radical (unpaired) electrons. The number of hydrogen-bond donors (Lipinski definition) is 2. The Morgan fingerprint density at radius 2 is 2.12 bits per heavy atom. The van der Waals surface area contributed by atoms with Gasteiger partial charge in [-0.3, -0.25) is 4.79 Å². The van der Waals surface area contributed by atoms with Crippen LogP contribution >= 0.6 is 11.8 Å². The van der Waals surface area contributed by atoms with Gasteiger partial charge in [0.2, 0.25) is 5.91 Å². The van der Waals surface area contributed by atoms with E-state index < -0.39 is 0 Å². The highest BCUT2D eigenvalue weighted by molar-refractivity contribution is 8.00. The molecule has 0 aliphatic carbocycles. The van der Waals surface area contributed by atoms with Crippen LogP contribution in [0.4, 0.5) is 0 Å². The van der Waals surface area contributed by atoms with Crippen LogP contribution in [0.5, 0.6) is 0 Å². The van der Waals surface area contributed by atoms with Gasteiger partial charge in [-0.2, -0.15) is 0 Å². The highest BCUT2D eigenvalue weighted by Crippen LogP contribution is 2.21. The van der Waals surface area contributed by atoms with Crippen LogP contribution < -0.4 is 11.1 Å². The van der Waals surface area contributed by atoms with Gasteiger partial charge in [-0.25, -0.2) is 0 Å². The van der Waals surface area contributed by atoms with Crippen molar-refractivity contribution in [2.45, 2.75) is 43.8 Å². The molecule has 0 fully saturated rings. The van der Waals surface area contributed by atoms with Crippen LogP contribution in [0.1, 0.15) is 26.6 Å². The fraction of sp³-hybridized carbons (Fsp3) is 0.700. The third-order valence-corrected chi connectivity index (χ3v) is 3.32. The zero-order valence-corrected chi connectivity index (χ0v) is 11.4. The lowest BCUT2D eigenvalue weighted by molar-refractivity contribution is -0.120. The topological polar surface area (TPSA) is 85.8 Å². The summed E-state index contributed by atoms with van der Waals surface area (Å²) in [6, 6.07) is 0.143. The Labute approximate surface area is 105 Å². The smallest absolute Gasteiger partial charge is 0.233 e. The average molecular weight is 257 g/mol. The lowest BCUT2D eigenvalue weighted by Crippen LogP contribution is -2.36. The van der Waals surface area contributed by atoms with Crippen molar-refractivity contribution in [3.63, 3.8) is 0 Å². The van der Waals surface area contributed by atoms with Crippen LogP contribution in [0.25, 0.3) is 0 Å². The SMILES string of the molecule is CC(C)NC(=O)C(C)Sc1nnc(CN)n1C. The standard InChI is InChI=1S/C10H19N5OS/c1-6(2)12-9(16)7(3)17-10-14-13-8(5-11)15(10)4/h6-7H,5,11H2,1-4H3,(H,12,16). The van der Waals surface area contributed by atoms with Gasteiger partial charge in [0.05, 0.1) is 11.8 Å². The number of amides is 1. The number of carbonyl (C=O) groups excluding carboxylic acids is 1. The number of nitrogens with one attached hydrogen (secondary N) is 1. The van der Waals surface area contributed by atoms with Crippen molar-refractivity contribution in [3.05, 3.63) is 5.82 Å². The molecule has 1 rings (SSSR count). The van der Waals surface area contributed by atoms with E-state index in [2.05, 4.69) is 15.5 Å². The molecule has 96 valence electrons. The Morgan fingerprint density at radius 1 is 1.47 bits per heavy atom. The summed E-state index contributed by atoms with van der Waals surface area (Å²) >= 11 is 1.38. The van der Waals surface area contributed by atoms with E-state index in [1.807, 2.05) is 32.4 Å². The van der Waals surface area contributed by atoms with Gasteiger partial charge in [0, 0.05) is 13.1 Å². The van der Waals surface area contributed by atoms with Crippen LogP contribution in [0, 0.1) is 0 Å². The number of rotatable bonds is 5. The van der Waals surface area contributed by atoms with E-state index in [4.69, 9.17) is 5.73 Å². The first kappa shape index (κ1) is 14.0. The first-order valence-electron chi connectivity index (χ1n) is 5.51. The lowest BCUT2D eigenvalue weighted by Gasteiger charge is -2.13. The van der Waals surface area contributed by atoms with Crippen molar-refractivity contribution >= 4 is 17.7 Å². The number of thioether (sulfide) groups is 1. The maximum atomic E-state index is 11.7. The predicted molar refractivity (Wildman–Crippen MR) is 67.5 cm³/mol. The molecule has 1 atom stereocenters. The molecule has 1 amide bonds. The number of hydrogen-bond acceptors (Lipinski definition) is 5. The highest BCUT2D eigenvalue weighted by atomic mass is 32.2. The third-order valence-electron chi connectivity index (χ3n) is 2.19.